The number of carbonyl (C=O) groups is 1. The number of carbonyl (C=O) groups excluding carboxylic acids is 1. The second kappa shape index (κ2) is 6.69. The van der Waals surface area contributed by atoms with Crippen LogP contribution in [0.3, 0.4) is 0 Å². The molecule has 0 saturated heterocycles. The predicted octanol–water partition coefficient (Wildman–Crippen LogP) is 1.63. The van der Waals surface area contributed by atoms with Crippen LogP contribution >= 0.6 is 0 Å². The normalized spacial score (nSPS) is 16.3. The van der Waals surface area contributed by atoms with Gasteiger partial charge in [-0.25, -0.2) is 8.42 Å². The highest BCUT2D eigenvalue weighted by atomic mass is 32.2. The number of para-hydroxylation sites is 1. The molecule has 1 atom stereocenters. The minimum atomic E-state index is -3.10. The van der Waals surface area contributed by atoms with Gasteiger partial charge in [-0.05, 0) is 37.8 Å². The number of sulfone groups is 1. The maximum absolute atomic E-state index is 12.5. The van der Waals surface area contributed by atoms with Crippen LogP contribution in [0.1, 0.15) is 31.7 Å². The first-order valence-electron chi connectivity index (χ1n) is 7.60. The summed E-state index contributed by atoms with van der Waals surface area (Å²) in [6.07, 6.45) is 4.09. The molecule has 2 rings (SSSR count). The Balaban J connectivity index is 2.00. The van der Waals surface area contributed by atoms with Crippen molar-refractivity contribution in [1.29, 1.82) is 0 Å². The molecule has 1 aromatic carbocycles. The summed E-state index contributed by atoms with van der Waals surface area (Å²) in [6.45, 7) is 1.81. The standard InChI is InChI=1S/C16H24N2O3S/c1-12(11-22(2,20)21)18(14-8-9-14)16(19)10-7-13-5-3-4-6-15(13)17/h3-6,12,14H,7-11,17H2,1-2H3. The molecular weight excluding hydrogens is 300 g/mol. The first kappa shape index (κ1) is 16.8. The number of aryl methyl sites for hydroxylation is 1. The van der Waals surface area contributed by atoms with Gasteiger partial charge in [0.25, 0.3) is 0 Å². The summed E-state index contributed by atoms with van der Waals surface area (Å²) in [6, 6.07) is 7.45. The molecule has 1 saturated carbocycles. The topological polar surface area (TPSA) is 80.5 Å². The molecular formula is C16H24N2O3S. The third-order valence-electron chi connectivity index (χ3n) is 3.91. The number of benzene rings is 1. The number of anilines is 1. The van der Waals surface area contributed by atoms with Gasteiger partial charge in [-0.15, -0.1) is 0 Å². The number of amides is 1. The van der Waals surface area contributed by atoms with Gasteiger partial charge in [-0.1, -0.05) is 18.2 Å². The summed E-state index contributed by atoms with van der Waals surface area (Å²) in [5.74, 6) is 0.0322. The van der Waals surface area contributed by atoms with Crippen molar-refractivity contribution < 1.29 is 13.2 Å². The van der Waals surface area contributed by atoms with Gasteiger partial charge >= 0.3 is 0 Å². The molecule has 5 nitrogen and oxygen atoms in total. The van der Waals surface area contributed by atoms with Crippen molar-refractivity contribution in [1.82, 2.24) is 4.90 Å². The molecule has 122 valence electrons. The number of hydrogen-bond acceptors (Lipinski definition) is 4. The van der Waals surface area contributed by atoms with Crippen molar-refractivity contribution in [3.8, 4) is 0 Å². The van der Waals surface area contributed by atoms with Crippen LogP contribution in [0, 0.1) is 0 Å². The average molecular weight is 324 g/mol. The molecule has 1 aliphatic rings. The Bertz CT molecular complexity index is 639. The van der Waals surface area contributed by atoms with Crippen LogP contribution in [-0.4, -0.2) is 43.3 Å². The Hall–Kier alpha value is -1.56. The van der Waals surface area contributed by atoms with Crippen LogP contribution < -0.4 is 5.73 Å². The van der Waals surface area contributed by atoms with Crippen LogP contribution in [-0.2, 0) is 21.1 Å². The summed E-state index contributed by atoms with van der Waals surface area (Å²) >= 11 is 0. The molecule has 6 heteroatoms. The van der Waals surface area contributed by atoms with E-state index in [-0.39, 0.29) is 23.7 Å². The van der Waals surface area contributed by atoms with Crippen molar-refractivity contribution in [3.63, 3.8) is 0 Å². The van der Waals surface area contributed by atoms with Crippen LogP contribution in [0.25, 0.3) is 0 Å². The van der Waals surface area contributed by atoms with Crippen molar-refractivity contribution >= 4 is 21.4 Å². The van der Waals surface area contributed by atoms with Crippen LogP contribution in [0.2, 0.25) is 0 Å². The quantitative estimate of drug-likeness (QED) is 0.773. The molecule has 0 aliphatic heterocycles. The molecule has 0 heterocycles. The minimum absolute atomic E-state index is 0.0157. The van der Waals surface area contributed by atoms with E-state index < -0.39 is 9.84 Å². The van der Waals surface area contributed by atoms with E-state index in [0.717, 1.165) is 18.4 Å². The lowest BCUT2D eigenvalue weighted by Gasteiger charge is -2.29. The SMILES string of the molecule is CC(CS(C)(=O)=O)N(C(=O)CCc1ccccc1N)C1CC1. The predicted molar refractivity (Wildman–Crippen MR) is 88.2 cm³/mol. The van der Waals surface area contributed by atoms with Crippen molar-refractivity contribution in [2.45, 2.75) is 44.7 Å². The van der Waals surface area contributed by atoms with Crippen molar-refractivity contribution in [2.24, 2.45) is 0 Å². The number of nitrogens with two attached hydrogens (primary N) is 1. The van der Waals surface area contributed by atoms with E-state index in [2.05, 4.69) is 0 Å². The van der Waals surface area contributed by atoms with Gasteiger partial charge in [0.15, 0.2) is 0 Å². The summed E-state index contributed by atoms with van der Waals surface area (Å²) < 4.78 is 23.0. The third kappa shape index (κ3) is 4.73. The van der Waals surface area contributed by atoms with Gasteiger partial charge in [0.1, 0.15) is 9.84 Å². The summed E-state index contributed by atoms with van der Waals surface area (Å²) in [5, 5.41) is 0. The lowest BCUT2D eigenvalue weighted by molar-refractivity contribution is -0.133. The average Bonchev–Trinajstić information content (AvgIpc) is 3.20. The molecule has 0 aromatic heterocycles. The fourth-order valence-corrected chi connectivity index (χ4v) is 3.85. The molecule has 1 fully saturated rings. The molecule has 1 amide bonds. The molecule has 22 heavy (non-hydrogen) atoms. The van der Waals surface area contributed by atoms with Gasteiger partial charge < -0.3 is 10.6 Å². The molecule has 1 aromatic rings. The molecule has 0 bridgehead atoms. The molecule has 2 N–H and O–H groups in total. The van der Waals surface area contributed by atoms with Gasteiger partial charge in [-0.2, -0.15) is 0 Å². The third-order valence-corrected chi connectivity index (χ3v) is 5.00. The lowest BCUT2D eigenvalue weighted by atomic mass is 10.1. The van der Waals surface area contributed by atoms with E-state index in [1.165, 1.54) is 6.26 Å². The summed E-state index contributed by atoms with van der Waals surface area (Å²) in [5.41, 5.74) is 7.55. The van der Waals surface area contributed by atoms with E-state index in [9.17, 15) is 13.2 Å². The maximum Gasteiger partial charge on any atom is 0.223 e. The monoisotopic (exact) mass is 324 g/mol. The number of hydrogen-bond donors (Lipinski definition) is 1. The number of rotatable bonds is 7. The summed E-state index contributed by atoms with van der Waals surface area (Å²) in [7, 11) is -3.10. The highest BCUT2D eigenvalue weighted by molar-refractivity contribution is 7.90. The van der Waals surface area contributed by atoms with E-state index >= 15 is 0 Å². The van der Waals surface area contributed by atoms with Crippen LogP contribution in [0.15, 0.2) is 24.3 Å². The molecule has 1 unspecified atom stereocenters. The van der Waals surface area contributed by atoms with E-state index in [0.29, 0.717) is 18.5 Å². The Morgan fingerprint density at radius 1 is 1.36 bits per heavy atom. The first-order chi connectivity index (χ1) is 10.3. The zero-order valence-corrected chi connectivity index (χ0v) is 14.0. The van der Waals surface area contributed by atoms with Crippen LogP contribution in [0.4, 0.5) is 5.69 Å². The highest BCUT2D eigenvalue weighted by Gasteiger charge is 2.36. The smallest absolute Gasteiger partial charge is 0.223 e. The van der Waals surface area contributed by atoms with Crippen molar-refractivity contribution in [2.75, 3.05) is 17.7 Å². The Morgan fingerprint density at radius 3 is 2.55 bits per heavy atom. The largest absolute Gasteiger partial charge is 0.399 e. The van der Waals surface area contributed by atoms with E-state index in [1.54, 1.807) is 4.90 Å². The van der Waals surface area contributed by atoms with Gasteiger partial charge in [0.2, 0.25) is 5.91 Å². The molecule has 1 aliphatic carbocycles. The Kier molecular flexibility index (Phi) is 5.11. The zero-order valence-electron chi connectivity index (χ0n) is 13.2. The highest BCUT2D eigenvalue weighted by Crippen LogP contribution is 2.30. The van der Waals surface area contributed by atoms with Gasteiger partial charge in [0.05, 0.1) is 5.75 Å². The van der Waals surface area contributed by atoms with E-state index in [4.69, 9.17) is 5.73 Å². The number of nitrogens with zero attached hydrogens (tertiary/aromatic N) is 1. The Morgan fingerprint density at radius 2 is 2.00 bits per heavy atom. The van der Waals surface area contributed by atoms with Crippen LogP contribution in [0.5, 0.6) is 0 Å². The first-order valence-corrected chi connectivity index (χ1v) is 9.66. The van der Waals surface area contributed by atoms with E-state index in [1.807, 2.05) is 31.2 Å². The minimum Gasteiger partial charge on any atom is -0.399 e. The molecule has 0 spiro atoms. The Labute approximate surface area is 132 Å². The maximum atomic E-state index is 12.5. The van der Waals surface area contributed by atoms with Gasteiger partial charge in [-0.3, -0.25) is 4.79 Å². The van der Waals surface area contributed by atoms with Gasteiger partial charge in [0, 0.05) is 30.4 Å². The number of nitrogen functional groups attached to an aromatic ring is 1. The summed E-state index contributed by atoms with van der Waals surface area (Å²) in [4.78, 5) is 14.3. The molecule has 0 radical (unpaired) electrons. The fraction of sp³-hybridized carbons (Fsp3) is 0.562. The second-order valence-corrected chi connectivity index (χ2v) is 8.36. The fourth-order valence-electron chi connectivity index (χ4n) is 2.81. The lowest BCUT2D eigenvalue weighted by Crippen LogP contribution is -2.43. The zero-order chi connectivity index (χ0) is 16.3. The van der Waals surface area contributed by atoms with Crippen molar-refractivity contribution in [3.05, 3.63) is 29.8 Å². The second-order valence-electron chi connectivity index (χ2n) is 6.17.